The SMILES string of the molecule is Cc1c(C(=O)Nc2ccccc2C(=O)Nc2cccc(C(F)(F)F)c2)cnn1-c1ccc(=O)[nH]n1. The van der Waals surface area contributed by atoms with E-state index in [2.05, 4.69) is 25.9 Å². The Morgan fingerprint density at radius 1 is 0.943 bits per heavy atom. The van der Waals surface area contributed by atoms with Crippen molar-refractivity contribution in [1.29, 1.82) is 0 Å². The molecule has 0 atom stereocenters. The highest BCUT2D eigenvalue weighted by Gasteiger charge is 2.30. The molecule has 0 aliphatic carbocycles. The van der Waals surface area contributed by atoms with Crippen molar-refractivity contribution in [1.82, 2.24) is 20.0 Å². The monoisotopic (exact) mass is 482 g/mol. The molecule has 2 aromatic carbocycles. The van der Waals surface area contributed by atoms with Crippen LogP contribution in [0.25, 0.3) is 5.82 Å². The van der Waals surface area contributed by atoms with E-state index in [4.69, 9.17) is 0 Å². The number of benzene rings is 2. The van der Waals surface area contributed by atoms with Crippen molar-refractivity contribution in [3.8, 4) is 5.82 Å². The van der Waals surface area contributed by atoms with Gasteiger partial charge in [-0.15, -0.1) is 0 Å². The Morgan fingerprint density at radius 3 is 2.40 bits per heavy atom. The van der Waals surface area contributed by atoms with Crippen molar-refractivity contribution < 1.29 is 22.8 Å². The second kappa shape index (κ2) is 9.25. The third-order valence-electron chi connectivity index (χ3n) is 5.00. The van der Waals surface area contributed by atoms with E-state index in [0.717, 1.165) is 12.1 Å². The van der Waals surface area contributed by atoms with E-state index in [1.54, 1.807) is 19.1 Å². The molecule has 178 valence electrons. The summed E-state index contributed by atoms with van der Waals surface area (Å²) in [6, 6.07) is 13.0. The van der Waals surface area contributed by atoms with Gasteiger partial charge >= 0.3 is 6.18 Å². The minimum absolute atomic E-state index is 0.0449. The number of amides is 2. The molecule has 0 aliphatic rings. The van der Waals surface area contributed by atoms with E-state index < -0.39 is 29.1 Å². The summed E-state index contributed by atoms with van der Waals surface area (Å²) in [6.07, 6.45) is -3.25. The molecule has 0 saturated heterocycles. The van der Waals surface area contributed by atoms with Gasteiger partial charge in [0.15, 0.2) is 5.82 Å². The number of halogens is 3. The minimum Gasteiger partial charge on any atom is -0.322 e. The van der Waals surface area contributed by atoms with Gasteiger partial charge in [-0.1, -0.05) is 18.2 Å². The third-order valence-corrected chi connectivity index (χ3v) is 5.00. The van der Waals surface area contributed by atoms with Gasteiger partial charge in [-0.2, -0.15) is 23.4 Å². The number of alkyl halides is 3. The van der Waals surface area contributed by atoms with E-state index in [9.17, 15) is 27.6 Å². The first-order chi connectivity index (χ1) is 16.6. The van der Waals surface area contributed by atoms with Crippen molar-refractivity contribution >= 4 is 23.2 Å². The lowest BCUT2D eigenvalue weighted by Gasteiger charge is -2.13. The average molecular weight is 482 g/mol. The summed E-state index contributed by atoms with van der Waals surface area (Å²) in [7, 11) is 0. The number of carbonyl (C=O) groups excluding carboxylic acids is 2. The summed E-state index contributed by atoms with van der Waals surface area (Å²) in [5.41, 5.74) is -0.532. The standard InChI is InChI=1S/C23H17F3N6O3/c1-13-17(12-27-32(13)19-9-10-20(33)31-30-19)22(35)29-18-8-3-2-7-16(18)21(34)28-15-6-4-5-14(11-15)23(24,25)26/h2-12H,1H3,(H,28,34)(H,29,35)(H,31,33). The molecule has 0 unspecified atom stereocenters. The number of nitrogens with zero attached hydrogens (tertiary/aromatic N) is 3. The van der Waals surface area contributed by atoms with Gasteiger partial charge in [0, 0.05) is 11.8 Å². The first kappa shape index (κ1) is 23.4. The van der Waals surface area contributed by atoms with Crippen molar-refractivity contribution in [2.45, 2.75) is 13.1 Å². The summed E-state index contributed by atoms with van der Waals surface area (Å²) in [5, 5.41) is 15.3. The van der Waals surface area contributed by atoms with Gasteiger partial charge < -0.3 is 10.6 Å². The van der Waals surface area contributed by atoms with Crippen LogP contribution in [-0.4, -0.2) is 31.8 Å². The Morgan fingerprint density at radius 2 is 1.69 bits per heavy atom. The molecule has 4 aromatic rings. The maximum Gasteiger partial charge on any atom is 0.416 e. The van der Waals surface area contributed by atoms with Crippen LogP contribution in [-0.2, 0) is 6.18 Å². The van der Waals surface area contributed by atoms with Crippen LogP contribution in [0.2, 0.25) is 0 Å². The van der Waals surface area contributed by atoms with E-state index >= 15 is 0 Å². The van der Waals surface area contributed by atoms with Gasteiger partial charge in [0.25, 0.3) is 17.4 Å². The first-order valence-electron chi connectivity index (χ1n) is 10.1. The molecule has 4 rings (SSSR count). The molecular weight excluding hydrogens is 465 g/mol. The van der Waals surface area contributed by atoms with E-state index in [1.165, 1.54) is 47.3 Å². The quantitative estimate of drug-likeness (QED) is 0.400. The van der Waals surface area contributed by atoms with Crippen LogP contribution in [0.5, 0.6) is 0 Å². The number of hydrogen-bond acceptors (Lipinski definition) is 5. The molecule has 35 heavy (non-hydrogen) atoms. The number of nitrogens with one attached hydrogen (secondary N) is 3. The minimum atomic E-state index is -4.56. The topological polar surface area (TPSA) is 122 Å². The first-order valence-corrected chi connectivity index (χ1v) is 10.1. The van der Waals surface area contributed by atoms with Crippen LogP contribution in [0, 0.1) is 6.92 Å². The van der Waals surface area contributed by atoms with E-state index in [0.29, 0.717) is 11.5 Å². The van der Waals surface area contributed by atoms with Gasteiger partial charge in [0.05, 0.1) is 34.3 Å². The zero-order chi connectivity index (χ0) is 25.2. The molecule has 0 spiro atoms. The molecule has 9 nitrogen and oxygen atoms in total. The molecule has 0 fully saturated rings. The number of aromatic amines is 1. The van der Waals surface area contributed by atoms with Crippen molar-refractivity contribution in [3.63, 3.8) is 0 Å². The molecule has 0 bridgehead atoms. The Balaban J connectivity index is 1.55. The fourth-order valence-corrected chi connectivity index (χ4v) is 3.27. The molecular formula is C23H17F3N6O3. The Hall–Kier alpha value is -4.74. The summed E-state index contributed by atoms with van der Waals surface area (Å²) < 4.78 is 40.3. The zero-order valence-corrected chi connectivity index (χ0v) is 18.1. The summed E-state index contributed by atoms with van der Waals surface area (Å²) in [4.78, 5) is 36.9. The lowest BCUT2D eigenvalue weighted by atomic mass is 10.1. The average Bonchev–Trinajstić information content (AvgIpc) is 3.21. The maximum absolute atomic E-state index is 13.0. The smallest absolute Gasteiger partial charge is 0.322 e. The van der Waals surface area contributed by atoms with Crippen LogP contribution in [0.15, 0.2) is 71.7 Å². The second-order valence-electron chi connectivity index (χ2n) is 7.37. The largest absolute Gasteiger partial charge is 0.416 e. The van der Waals surface area contributed by atoms with Crippen molar-refractivity contribution in [2.24, 2.45) is 0 Å². The lowest BCUT2D eigenvalue weighted by Crippen LogP contribution is -2.19. The van der Waals surface area contributed by atoms with Gasteiger partial charge in [0.2, 0.25) is 0 Å². The number of H-pyrrole nitrogens is 1. The Labute approximate surface area is 195 Å². The fourth-order valence-electron chi connectivity index (χ4n) is 3.27. The molecule has 2 amide bonds. The number of para-hydroxylation sites is 1. The van der Waals surface area contributed by atoms with Gasteiger partial charge in [-0.25, -0.2) is 9.78 Å². The highest BCUT2D eigenvalue weighted by atomic mass is 19.4. The highest BCUT2D eigenvalue weighted by molar-refractivity contribution is 6.12. The van der Waals surface area contributed by atoms with Crippen molar-refractivity contribution in [3.05, 3.63) is 99.6 Å². The lowest BCUT2D eigenvalue weighted by molar-refractivity contribution is -0.137. The Bertz CT molecular complexity index is 1460. The molecule has 3 N–H and O–H groups in total. The summed E-state index contributed by atoms with van der Waals surface area (Å²) >= 11 is 0. The van der Waals surface area contributed by atoms with Crippen LogP contribution in [0.3, 0.4) is 0 Å². The van der Waals surface area contributed by atoms with Crippen molar-refractivity contribution in [2.75, 3.05) is 10.6 Å². The van der Waals surface area contributed by atoms with E-state index in [-0.39, 0.29) is 22.5 Å². The molecule has 0 aliphatic heterocycles. The van der Waals surface area contributed by atoms with Gasteiger partial charge in [-0.05, 0) is 43.3 Å². The number of anilines is 2. The second-order valence-corrected chi connectivity index (χ2v) is 7.37. The molecule has 0 radical (unpaired) electrons. The molecule has 12 heteroatoms. The van der Waals surface area contributed by atoms with Crippen LogP contribution in [0.4, 0.5) is 24.5 Å². The summed E-state index contributed by atoms with van der Waals surface area (Å²) in [5.74, 6) is -0.982. The highest BCUT2D eigenvalue weighted by Crippen LogP contribution is 2.31. The Kier molecular flexibility index (Phi) is 6.19. The number of carbonyl (C=O) groups is 2. The van der Waals surface area contributed by atoms with E-state index in [1.807, 2.05) is 0 Å². The normalized spacial score (nSPS) is 11.2. The van der Waals surface area contributed by atoms with Crippen LogP contribution >= 0.6 is 0 Å². The predicted octanol–water partition coefficient (Wildman–Crippen LogP) is 3.79. The zero-order valence-electron chi connectivity index (χ0n) is 18.1. The van der Waals surface area contributed by atoms with Crippen LogP contribution < -0.4 is 16.2 Å². The number of hydrogen-bond donors (Lipinski definition) is 3. The fraction of sp³-hybridized carbons (Fsp3) is 0.0870. The maximum atomic E-state index is 13.0. The summed E-state index contributed by atoms with van der Waals surface area (Å²) in [6.45, 7) is 1.63. The van der Waals surface area contributed by atoms with Crippen LogP contribution in [0.1, 0.15) is 32.0 Å². The molecule has 2 aromatic heterocycles. The van der Waals surface area contributed by atoms with Gasteiger partial charge in [0.1, 0.15) is 0 Å². The number of rotatable bonds is 5. The van der Waals surface area contributed by atoms with Gasteiger partial charge in [-0.3, -0.25) is 14.4 Å². The predicted molar refractivity (Wildman–Crippen MR) is 121 cm³/mol. The molecule has 2 heterocycles. The molecule has 0 saturated carbocycles. The number of aromatic nitrogens is 4. The third kappa shape index (κ3) is 5.11.